The number of rotatable bonds is 7. The van der Waals surface area contributed by atoms with E-state index >= 15 is 0 Å². The number of aliphatic hydroxyl groups is 1. The molecule has 6 heteroatoms. The number of carboxylic acids is 1. The van der Waals surface area contributed by atoms with E-state index in [-0.39, 0.29) is 5.92 Å². The van der Waals surface area contributed by atoms with Gasteiger partial charge in [0, 0.05) is 0 Å². The van der Waals surface area contributed by atoms with Gasteiger partial charge in [0.25, 0.3) is 0 Å². The second-order valence-electron chi connectivity index (χ2n) is 5.33. The van der Waals surface area contributed by atoms with Gasteiger partial charge in [-0.2, -0.15) is 0 Å². The van der Waals surface area contributed by atoms with E-state index in [2.05, 4.69) is 13.2 Å². The van der Waals surface area contributed by atoms with Gasteiger partial charge in [0.05, 0.1) is 6.10 Å². The van der Waals surface area contributed by atoms with Crippen molar-refractivity contribution in [2.75, 3.05) is 13.1 Å². The number of aliphatic hydroxyl groups excluding tert-OH is 1. The average Bonchev–Trinajstić information content (AvgIpc) is 2.38. The van der Waals surface area contributed by atoms with Crippen molar-refractivity contribution in [3.05, 3.63) is 0 Å². The summed E-state index contributed by atoms with van der Waals surface area (Å²) in [6, 6.07) is 0. The minimum Gasteiger partial charge on any atom is -0.480 e. The van der Waals surface area contributed by atoms with Crippen molar-refractivity contribution in [2.45, 2.75) is 50.1 Å². The lowest BCUT2D eigenvalue weighted by molar-refractivity contribution is -0.150. The largest absolute Gasteiger partial charge is 0.480 e. The molecule has 1 fully saturated rings. The highest BCUT2D eigenvalue weighted by Crippen LogP contribution is 2.27. The predicted octanol–water partition coefficient (Wildman–Crippen LogP) is -0.649. The van der Waals surface area contributed by atoms with Gasteiger partial charge in [0.1, 0.15) is 13.4 Å². The van der Waals surface area contributed by atoms with Crippen LogP contribution < -0.4 is 11.1 Å². The topological polar surface area (TPSA) is 95.6 Å². The number of unbranched alkanes of at least 4 members (excludes halogenated alkanes) is 1. The highest BCUT2D eigenvalue weighted by atomic mass is 16.4. The lowest BCUT2D eigenvalue weighted by atomic mass is 9.77. The fraction of sp³-hybridized carbons (Fsp3) is 0.917. The first-order valence-corrected chi connectivity index (χ1v) is 6.93. The number of hydrogen-bond acceptors (Lipinski definition) is 4. The van der Waals surface area contributed by atoms with Crippen LogP contribution in [-0.2, 0) is 4.79 Å². The van der Waals surface area contributed by atoms with E-state index in [1.807, 2.05) is 0 Å². The van der Waals surface area contributed by atoms with Crippen molar-refractivity contribution < 1.29 is 15.0 Å². The van der Waals surface area contributed by atoms with Gasteiger partial charge in [-0.05, 0) is 38.3 Å². The molecule has 0 saturated carbocycles. The smallest absolute Gasteiger partial charge is 0.326 e. The fourth-order valence-electron chi connectivity index (χ4n) is 2.63. The first-order valence-electron chi connectivity index (χ1n) is 6.93. The molecule has 1 rings (SSSR count). The zero-order chi connectivity index (χ0) is 13.6. The lowest BCUT2D eigenvalue weighted by Gasteiger charge is -2.37. The summed E-state index contributed by atoms with van der Waals surface area (Å²) in [5.41, 5.74) is 4.50. The molecular weight excluding hydrogens is 231 g/mol. The molecule has 2 unspecified atom stereocenters. The minimum absolute atomic E-state index is 0.00558. The van der Waals surface area contributed by atoms with Gasteiger partial charge in [0.2, 0.25) is 0 Å². The number of nitrogens with one attached hydrogen (secondary N) is 1. The van der Waals surface area contributed by atoms with Crippen molar-refractivity contribution in [3.8, 4) is 0 Å². The summed E-state index contributed by atoms with van der Waals surface area (Å²) in [5, 5.41) is 22.9. The predicted molar refractivity (Wildman–Crippen MR) is 73.4 cm³/mol. The molecule has 5 N–H and O–H groups in total. The van der Waals surface area contributed by atoms with Crippen LogP contribution in [0.1, 0.15) is 32.1 Å². The summed E-state index contributed by atoms with van der Waals surface area (Å²) in [4.78, 5) is 11.4. The van der Waals surface area contributed by atoms with Gasteiger partial charge in [-0.15, -0.1) is 0 Å². The maximum absolute atomic E-state index is 11.4. The Morgan fingerprint density at radius 1 is 1.44 bits per heavy atom. The van der Waals surface area contributed by atoms with Gasteiger partial charge < -0.3 is 21.3 Å². The number of carboxylic acid groups (broad SMARTS) is 1. The molecule has 0 radical (unpaired) electrons. The molecule has 18 heavy (non-hydrogen) atoms. The van der Waals surface area contributed by atoms with E-state index in [4.69, 9.17) is 5.73 Å². The summed E-state index contributed by atoms with van der Waals surface area (Å²) >= 11 is 0. The van der Waals surface area contributed by atoms with Crippen LogP contribution in [0.25, 0.3) is 0 Å². The molecule has 1 heterocycles. The van der Waals surface area contributed by atoms with Crippen LogP contribution in [0.4, 0.5) is 0 Å². The number of aliphatic carboxylic acids is 1. The van der Waals surface area contributed by atoms with E-state index in [1.165, 1.54) is 0 Å². The van der Waals surface area contributed by atoms with Crippen LogP contribution in [0.15, 0.2) is 0 Å². The van der Waals surface area contributed by atoms with Gasteiger partial charge >= 0.3 is 5.97 Å². The van der Waals surface area contributed by atoms with Gasteiger partial charge in [0.15, 0.2) is 0 Å². The lowest BCUT2D eigenvalue weighted by Crippen LogP contribution is -2.60. The quantitative estimate of drug-likeness (QED) is 0.358. The standard InChI is InChI=1S/C12H25BN2O3/c13-6-2-1-5-12(14,11(17)18)10(16)9-3-7-15-8-4-9/h9-10,15-16H,1-8,13-14H2,(H,17,18). The third-order valence-corrected chi connectivity index (χ3v) is 3.95. The second-order valence-corrected chi connectivity index (χ2v) is 5.33. The summed E-state index contributed by atoms with van der Waals surface area (Å²) in [7, 11) is 2.06. The first kappa shape index (κ1) is 15.5. The second kappa shape index (κ2) is 7.11. The maximum Gasteiger partial charge on any atom is 0.326 e. The number of hydrogen-bond donors (Lipinski definition) is 4. The summed E-state index contributed by atoms with van der Waals surface area (Å²) in [6.45, 7) is 1.65. The molecular formula is C12H25BN2O3. The van der Waals surface area contributed by atoms with E-state index in [1.54, 1.807) is 0 Å². The minimum atomic E-state index is -1.49. The Balaban J connectivity index is 2.65. The Morgan fingerprint density at radius 3 is 2.56 bits per heavy atom. The molecule has 2 atom stereocenters. The van der Waals surface area contributed by atoms with Crippen molar-refractivity contribution >= 4 is 13.8 Å². The highest BCUT2D eigenvalue weighted by molar-refractivity contribution is 6.08. The molecule has 0 amide bonds. The molecule has 0 bridgehead atoms. The van der Waals surface area contributed by atoms with Crippen molar-refractivity contribution in [2.24, 2.45) is 11.7 Å². The fourth-order valence-corrected chi connectivity index (χ4v) is 2.63. The van der Waals surface area contributed by atoms with Crippen molar-refractivity contribution in [1.29, 1.82) is 0 Å². The van der Waals surface area contributed by atoms with E-state index in [0.29, 0.717) is 6.42 Å². The van der Waals surface area contributed by atoms with E-state index < -0.39 is 17.6 Å². The Morgan fingerprint density at radius 2 is 2.06 bits per heavy atom. The molecule has 0 aromatic rings. The van der Waals surface area contributed by atoms with Gasteiger partial charge in [-0.25, -0.2) is 0 Å². The molecule has 0 aromatic heterocycles. The number of carbonyl (C=O) groups is 1. The van der Waals surface area contributed by atoms with Gasteiger partial charge in [-0.3, -0.25) is 4.79 Å². The van der Waals surface area contributed by atoms with Crippen LogP contribution in [0, 0.1) is 5.92 Å². The third-order valence-electron chi connectivity index (χ3n) is 3.95. The average molecular weight is 256 g/mol. The number of nitrogens with two attached hydrogens (primary N) is 1. The molecule has 5 nitrogen and oxygen atoms in total. The molecule has 0 aliphatic carbocycles. The molecule has 104 valence electrons. The normalized spacial score (nSPS) is 22.3. The molecule has 0 aromatic carbocycles. The van der Waals surface area contributed by atoms with Crippen LogP contribution in [-0.4, -0.2) is 48.8 Å². The Kier molecular flexibility index (Phi) is 6.12. The highest BCUT2D eigenvalue weighted by Gasteiger charge is 2.44. The first-order chi connectivity index (χ1) is 8.52. The maximum atomic E-state index is 11.4. The SMILES string of the molecule is BCCCCC(N)(C(=O)O)C(O)C1CCNCC1. The van der Waals surface area contributed by atoms with Crippen LogP contribution in [0.5, 0.6) is 0 Å². The number of piperidine rings is 1. The molecule has 1 aliphatic rings. The third kappa shape index (κ3) is 3.70. The molecule has 0 spiro atoms. The Bertz CT molecular complexity index is 272. The summed E-state index contributed by atoms with van der Waals surface area (Å²) in [6.07, 6.45) is 3.70. The summed E-state index contributed by atoms with van der Waals surface area (Å²) < 4.78 is 0. The van der Waals surface area contributed by atoms with Gasteiger partial charge in [-0.1, -0.05) is 19.2 Å². The molecule has 1 aliphatic heterocycles. The van der Waals surface area contributed by atoms with E-state index in [0.717, 1.165) is 45.1 Å². The summed E-state index contributed by atoms with van der Waals surface area (Å²) in [5.74, 6) is -1.08. The van der Waals surface area contributed by atoms with E-state index in [9.17, 15) is 15.0 Å². The monoisotopic (exact) mass is 256 g/mol. The van der Waals surface area contributed by atoms with Crippen LogP contribution in [0.3, 0.4) is 0 Å². The van der Waals surface area contributed by atoms with Crippen molar-refractivity contribution in [1.82, 2.24) is 5.32 Å². The van der Waals surface area contributed by atoms with Crippen LogP contribution in [0.2, 0.25) is 6.32 Å². The Hall–Kier alpha value is -0.585. The molecule has 1 saturated heterocycles. The zero-order valence-electron chi connectivity index (χ0n) is 11.2. The van der Waals surface area contributed by atoms with Crippen molar-refractivity contribution in [3.63, 3.8) is 0 Å². The van der Waals surface area contributed by atoms with Crippen LogP contribution >= 0.6 is 0 Å². The zero-order valence-corrected chi connectivity index (χ0v) is 11.2. The Labute approximate surface area is 110 Å².